The Morgan fingerprint density at radius 2 is 1.67 bits per heavy atom. The summed E-state index contributed by atoms with van der Waals surface area (Å²) in [5, 5.41) is 0. The van der Waals surface area contributed by atoms with Crippen molar-refractivity contribution >= 4 is 8.80 Å². The van der Waals surface area contributed by atoms with Gasteiger partial charge in [-0.15, -0.1) is 0 Å². The van der Waals surface area contributed by atoms with Gasteiger partial charge in [-0.2, -0.15) is 0 Å². The molecule has 0 aliphatic carbocycles. The second kappa shape index (κ2) is 8.93. The van der Waals surface area contributed by atoms with Gasteiger partial charge < -0.3 is 17.8 Å². The Bertz CT molecular complexity index is 511. The Balaban J connectivity index is 2.67. The molecule has 1 rings (SSSR count). The van der Waals surface area contributed by atoms with Crippen LogP contribution in [-0.2, 0) is 19.8 Å². The lowest BCUT2D eigenvalue weighted by Crippen LogP contribution is -2.46. The lowest BCUT2D eigenvalue weighted by Gasteiger charge is -2.28. The van der Waals surface area contributed by atoms with Crippen LogP contribution in [0.2, 0.25) is 6.04 Å². The molecule has 1 aromatic heterocycles. The molecule has 0 aromatic carbocycles. The maximum atomic E-state index is 11.6. The number of rotatable bonds is 10. The first-order valence-corrected chi connectivity index (χ1v) is 9.21. The summed E-state index contributed by atoms with van der Waals surface area (Å²) in [6.45, 7) is 7.81. The van der Waals surface area contributed by atoms with E-state index in [1.54, 1.807) is 0 Å². The van der Waals surface area contributed by atoms with E-state index in [0.29, 0.717) is 38.8 Å². The molecule has 0 aliphatic rings. The van der Waals surface area contributed by atoms with E-state index in [1.807, 2.05) is 20.8 Å². The van der Waals surface area contributed by atoms with Gasteiger partial charge in [-0.25, -0.2) is 4.79 Å². The Hall–Kier alpha value is -1.22. The molecule has 21 heavy (non-hydrogen) atoms. The second-order valence-electron chi connectivity index (χ2n) is 4.39. The standard InChI is InChI=1S/C13H24N2O5Si/c1-4-18-21(19-5-2,20-6-3)11-7-9-15-10-8-12(16)14-13(15)17/h8,10H,4-7,9,11H2,1-3H3,(H,14,16,17). The van der Waals surface area contributed by atoms with Crippen molar-refractivity contribution in [3.63, 3.8) is 0 Å². The highest BCUT2D eigenvalue weighted by molar-refractivity contribution is 6.60. The lowest BCUT2D eigenvalue weighted by atomic mass is 10.4. The van der Waals surface area contributed by atoms with Gasteiger partial charge in [-0.3, -0.25) is 9.78 Å². The van der Waals surface area contributed by atoms with Gasteiger partial charge >= 0.3 is 14.5 Å². The lowest BCUT2D eigenvalue weighted by molar-refractivity contribution is 0.0705. The van der Waals surface area contributed by atoms with Crippen molar-refractivity contribution in [1.29, 1.82) is 0 Å². The van der Waals surface area contributed by atoms with Crippen LogP contribution in [-0.4, -0.2) is 38.2 Å². The minimum atomic E-state index is -2.66. The summed E-state index contributed by atoms with van der Waals surface area (Å²) in [6, 6.07) is 1.97. The van der Waals surface area contributed by atoms with Crippen LogP contribution in [0.15, 0.2) is 21.9 Å². The summed E-state index contributed by atoms with van der Waals surface area (Å²) in [4.78, 5) is 24.8. The van der Waals surface area contributed by atoms with Crippen LogP contribution in [0.25, 0.3) is 0 Å². The van der Waals surface area contributed by atoms with E-state index in [9.17, 15) is 9.59 Å². The van der Waals surface area contributed by atoms with Crippen LogP contribution >= 0.6 is 0 Å². The maximum absolute atomic E-state index is 11.6. The molecule has 0 spiro atoms. The van der Waals surface area contributed by atoms with E-state index < -0.39 is 20.1 Å². The number of aromatic amines is 1. The molecule has 120 valence electrons. The Morgan fingerprint density at radius 1 is 1.10 bits per heavy atom. The topological polar surface area (TPSA) is 82.6 Å². The summed E-state index contributed by atoms with van der Waals surface area (Å²) in [5.74, 6) is 0. The SMILES string of the molecule is CCO[Si](CCCn1ccc(=O)[nH]c1=O)(OCC)OCC. The highest BCUT2D eigenvalue weighted by Crippen LogP contribution is 2.18. The largest absolute Gasteiger partial charge is 0.500 e. The number of H-pyrrole nitrogens is 1. The third-order valence-electron chi connectivity index (χ3n) is 2.87. The molecule has 0 atom stereocenters. The first-order valence-electron chi connectivity index (χ1n) is 7.28. The first kappa shape index (κ1) is 17.8. The third-order valence-corrected chi connectivity index (χ3v) is 6.02. The van der Waals surface area contributed by atoms with Gasteiger partial charge in [0.05, 0.1) is 0 Å². The number of nitrogens with one attached hydrogen (secondary N) is 1. The molecule has 1 N–H and O–H groups in total. The molecule has 0 bridgehead atoms. The molecule has 0 saturated carbocycles. The number of aryl methyl sites for hydroxylation is 1. The predicted octanol–water partition coefficient (Wildman–Crippen LogP) is 0.975. The summed E-state index contributed by atoms with van der Waals surface area (Å²) in [7, 11) is -2.66. The molecule has 0 amide bonds. The summed E-state index contributed by atoms with van der Waals surface area (Å²) < 4.78 is 18.7. The van der Waals surface area contributed by atoms with Gasteiger partial charge in [0.1, 0.15) is 0 Å². The van der Waals surface area contributed by atoms with Gasteiger partial charge in [0.15, 0.2) is 0 Å². The summed E-state index contributed by atoms with van der Waals surface area (Å²) in [6.07, 6.45) is 2.17. The van der Waals surface area contributed by atoms with Crippen LogP contribution in [0.1, 0.15) is 27.2 Å². The molecular weight excluding hydrogens is 292 g/mol. The first-order chi connectivity index (χ1) is 10.1. The van der Waals surface area contributed by atoms with Crippen molar-refractivity contribution in [3.05, 3.63) is 33.1 Å². The highest BCUT2D eigenvalue weighted by Gasteiger charge is 2.39. The number of aromatic nitrogens is 2. The van der Waals surface area contributed by atoms with E-state index in [0.717, 1.165) is 0 Å². The van der Waals surface area contributed by atoms with Crippen LogP contribution in [0, 0.1) is 0 Å². The number of hydrogen-bond donors (Lipinski definition) is 1. The van der Waals surface area contributed by atoms with Crippen LogP contribution in [0.5, 0.6) is 0 Å². The van der Waals surface area contributed by atoms with Crippen molar-refractivity contribution in [2.75, 3.05) is 19.8 Å². The van der Waals surface area contributed by atoms with Crippen LogP contribution in [0.3, 0.4) is 0 Å². The normalized spacial score (nSPS) is 11.8. The fourth-order valence-electron chi connectivity index (χ4n) is 2.09. The van der Waals surface area contributed by atoms with Gasteiger partial charge in [0.25, 0.3) is 5.56 Å². The van der Waals surface area contributed by atoms with Crippen LogP contribution in [0.4, 0.5) is 0 Å². The minimum absolute atomic E-state index is 0.391. The summed E-state index contributed by atoms with van der Waals surface area (Å²) in [5.41, 5.74) is -0.795. The molecule has 0 saturated heterocycles. The molecule has 0 radical (unpaired) electrons. The van der Waals surface area contributed by atoms with Gasteiger partial charge in [-0.1, -0.05) is 0 Å². The fourth-order valence-corrected chi connectivity index (χ4v) is 4.68. The smallest absolute Gasteiger partial charge is 0.374 e. The fraction of sp³-hybridized carbons (Fsp3) is 0.692. The number of hydrogen-bond acceptors (Lipinski definition) is 5. The van der Waals surface area contributed by atoms with Crippen molar-refractivity contribution in [1.82, 2.24) is 9.55 Å². The van der Waals surface area contributed by atoms with E-state index in [4.69, 9.17) is 13.3 Å². The molecule has 0 aliphatic heterocycles. The average Bonchev–Trinajstić information content (AvgIpc) is 2.42. The predicted molar refractivity (Wildman–Crippen MR) is 81.4 cm³/mol. The zero-order valence-corrected chi connectivity index (χ0v) is 13.9. The Kier molecular flexibility index (Phi) is 7.58. The molecule has 0 unspecified atom stereocenters. The molecule has 8 heteroatoms. The van der Waals surface area contributed by atoms with Crippen molar-refractivity contribution in [2.24, 2.45) is 0 Å². The van der Waals surface area contributed by atoms with Crippen molar-refractivity contribution < 1.29 is 13.3 Å². The second-order valence-corrected chi connectivity index (χ2v) is 7.12. The van der Waals surface area contributed by atoms with E-state index in [2.05, 4.69) is 4.98 Å². The van der Waals surface area contributed by atoms with Gasteiger partial charge in [0, 0.05) is 44.7 Å². The van der Waals surface area contributed by atoms with E-state index in [1.165, 1.54) is 16.8 Å². The van der Waals surface area contributed by atoms with Gasteiger partial charge in [0.2, 0.25) is 0 Å². The maximum Gasteiger partial charge on any atom is 0.500 e. The molecule has 1 aromatic rings. The van der Waals surface area contributed by atoms with Gasteiger partial charge in [-0.05, 0) is 27.2 Å². The molecule has 7 nitrogen and oxygen atoms in total. The third kappa shape index (κ3) is 5.58. The summed E-state index contributed by atoms with van der Waals surface area (Å²) >= 11 is 0. The average molecular weight is 316 g/mol. The monoisotopic (exact) mass is 316 g/mol. The molecular formula is C13H24N2O5Si. The zero-order valence-electron chi connectivity index (χ0n) is 12.9. The quantitative estimate of drug-likeness (QED) is 0.651. The van der Waals surface area contributed by atoms with E-state index in [-0.39, 0.29) is 0 Å². The molecule has 1 heterocycles. The van der Waals surface area contributed by atoms with E-state index >= 15 is 0 Å². The van der Waals surface area contributed by atoms with Crippen LogP contribution < -0.4 is 11.2 Å². The minimum Gasteiger partial charge on any atom is -0.374 e. The zero-order chi connectivity index (χ0) is 15.7. The van der Waals surface area contributed by atoms with Crippen molar-refractivity contribution in [2.45, 2.75) is 39.8 Å². The van der Waals surface area contributed by atoms with Crippen molar-refractivity contribution in [3.8, 4) is 0 Å². The molecule has 0 fully saturated rings. The Morgan fingerprint density at radius 3 is 2.14 bits per heavy atom. The highest BCUT2D eigenvalue weighted by atomic mass is 28.4. The Labute approximate surface area is 125 Å². The number of nitrogens with zero attached hydrogens (tertiary/aromatic N) is 1.